The molecule has 0 radical (unpaired) electrons. The average molecular weight is 332 g/mol. The van der Waals surface area contributed by atoms with Gasteiger partial charge in [0.25, 0.3) is 0 Å². The van der Waals surface area contributed by atoms with Gasteiger partial charge in [-0.05, 0) is 44.9 Å². The van der Waals surface area contributed by atoms with E-state index in [0.717, 1.165) is 15.2 Å². The monoisotopic (exact) mass is 331 g/mol. The van der Waals surface area contributed by atoms with Crippen LogP contribution >= 0.6 is 15.9 Å². The first-order valence-electron chi connectivity index (χ1n) is 6.05. The molecular formula is C16H11BrFNO. The Morgan fingerprint density at radius 2 is 1.70 bits per heavy atom. The van der Waals surface area contributed by atoms with Crippen molar-refractivity contribution in [3.8, 4) is 11.5 Å². The van der Waals surface area contributed by atoms with Gasteiger partial charge in [-0.1, -0.05) is 30.3 Å². The van der Waals surface area contributed by atoms with E-state index in [-0.39, 0.29) is 5.75 Å². The highest BCUT2D eigenvalue weighted by atomic mass is 79.9. The number of nitrogen functional groups attached to an aromatic ring is 1. The first kappa shape index (κ1) is 12.9. The van der Waals surface area contributed by atoms with Crippen LogP contribution in [0.1, 0.15) is 0 Å². The maximum absolute atomic E-state index is 13.8. The lowest BCUT2D eigenvalue weighted by Crippen LogP contribution is -1.92. The predicted octanol–water partition coefficient (Wildman–Crippen LogP) is 5.12. The zero-order valence-electron chi connectivity index (χ0n) is 10.4. The highest BCUT2D eigenvalue weighted by Crippen LogP contribution is 2.36. The van der Waals surface area contributed by atoms with Crippen molar-refractivity contribution in [3.05, 3.63) is 64.9 Å². The number of fused-ring (bicyclic) bond motifs is 1. The summed E-state index contributed by atoms with van der Waals surface area (Å²) in [5.74, 6) is 0.229. The zero-order chi connectivity index (χ0) is 14.1. The first-order chi connectivity index (χ1) is 9.65. The molecule has 0 aliphatic carbocycles. The molecule has 20 heavy (non-hydrogen) atoms. The van der Waals surface area contributed by atoms with Crippen LogP contribution in [0.5, 0.6) is 11.5 Å². The van der Waals surface area contributed by atoms with Crippen LogP contribution in [-0.2, 0) is 0 Å². The largest absolute Gasteiger partial charge is 0.453 e. The molecule has 3 rings (SSSR count). The van der Waals surface area contributed by atoms with Gasteiger partial charge in [0.15, 0.2) is 11.6 Å². The number of hydrogen-bond donors (Lipinski definition) is 1. The molecule has 0 atom stereocenters. The fourth-order valence-corrected chi connectivity index (χ4v) is 2.58. The standard InChI is InChI=1S/C16H11BrFNO/c17-16-12-4-2-1-3-10(12)5-7-15(16)20-14-8-6-11(19)9-13(14)18/h1-9H,19H2. The van der Waals surface area contributed by atoms with Gasteiger partial charge in [-0.15, -0.1) is 0 Å². The van der Waals surface area contributed by atoms with Gasteiger partial charge in [-0.3, -0.25) is 0 Å². The third-order valence-corrected chi connectivity index (χ3v) is 3.82. The van der Waals surface area contributed by atoms with E-state index < -0.39 is 5.82 Å². The second-order valence-corrected chi connectivity index (χ2v) is 5.18. The van der Waals surface area contributed by atoms with E-state index in [4.69, 9.17) is 10.5 Å². The highest BCUT2D eigenvalue weighted by Gasteiger charge is 2.10. The smallest absolute Gasteiger partial charge is 0.167 e. The fourth-order valence-electron chi connectivity index (χ4n) is 2.01. The lowest BCUT2D eigenvalue weighted by atomic mass is 10.1. The number of nitrogens with two attached hydrogens (primary N) is 1. The molecule has 0 aromatic heterocycles. The Morgan fingerprint density at radius 1 is 0.950 bits per heavy atom. The van der Waals surface area contributed by atoms with Crippen molar-refractivity contribution in [3.63, 3.8) is 0 Å². The van der Waals surface area contributed by atoms with Gasteiger partial charge in [0.2, 0.25) is 0 Å². The highest BCUT2D eigenvalue weighted by molar-refractivity contribution is 9.10. The minimum absolute atomic E-state index is 0.148. The zero-order valence-corrected chi connectivity index (χ0v) is 12.0. The normalized spacial score (nSPS) is 10.7. The van der Waals surface area contributed by atoms with Gasteiger partial charge in [0.05, 0.1) is 4.47 Å². The number of hydrogen-bond acceptors (Lipinski definition) is 2. The Hall–Kier alpha value is -2.07. The Morgan fingerprint density at radius 3 is 2.50 bits per heavy atom. The predicted molar refractivity (Wildman–Crippen MR) is 82.5 cm³/mol. The molecule has 100 valence electrons. The van der Waals surface area contributed by atoms with E-state index in [9.17, 15) is 4.39 Å². The Kier molecular flexibility index (Phi) is 3.32. The van der Waals surface area contributed by atoms with Crippen molar-refractivity contribution in [2.45, 2.75) is 0 Å². The van der Waals surface area contributed by atoms with E-state index in [1.807, 2.05) is 36.4 Å². The fraction of sp³-hybridized carbons (Fsp3) is 0. The van der Waals surface area contributed by atoms with Crippen LogP contribution in [0, 0.1) is 5.82 Å². The minimum Gasteiger partial charge on any atom is -0.453 e. The number of ether oxygens (including phenoxy) is 1. The molecule has 0 heterocycles. The molecule has 0 amide bonds. The van der Waals surface area contributed by atoms with Crippen molar-refractivity contribution >= 4 is 32.4 Å². The minimum atomic E-state index is -0.481. The van der Waals surface area contributed by atoms with Gasteiger partial charge >= 0.3 is 0 Å². The summed E-state index contributed by atoms with van der Waals surface area (Å²) in [5, 5.41) is 2.10. The first-order valence-corrected chi connectivity index (χ1v) is 6.84. The summed E-state index contributed by atoms with van der Waals surface area (Å²) >= 11 is 3.51. The van der Waals surface area contributed by atoms with Gasteiger partial charge in [-0.25, -0.2) is 4.39 Å². The molecule has 0 unspecified atom stereocenters. The quantitative estimate of drug-likeness (QED) is 0.662. The molecule has 4 heteroatoms. The lowest BCUT2D eigenvalue weighted by molar-refractivity contribution is 0.441. The van der Waals surface area contributed by atoms with Crippen LogP contribution in [-0.4, -0.2) is 0 Å². The van der Waals surface area contributed by atoms with Crippen LogP contribution in [0.4, 0.5) is 10.1 Å². The molecule has 2 N–H and O–H groups in total. The van der Waals surface area contributed by atoms with E-state index >= 15 is 0 Å². The maximum Gasteiger partial charge on any atom is 0.167 e. The molecule has 0 aliphatic rings. The third kappa shape index (κ3) is 2.34. The van der Waals surface area contributed by atoms with Crippen molar-refractivity contribution in [2.24, 2.45) is 0 Å². The van der Waals surface area contributed by atoms with Gasteiger partial charge in [0.1, 0.15) is 5.75 Å². The number of rotatable bonds is 2. The third-order valence-electron chi connectivity index (χ3n) is 3.00. The van der Waals surface area contributed by atoms with Crippen molar-refractivity contribution < 1.29 is 9.13 Å². The Balaban J connectivity index is 2.04. The van der Waals surface area contributed by atoms with Crippen molar-refractivity contribution in [1.82, 2.24) is 0 Å². The second-order valence-electron chi connectivity index (χ2n) is 4.39. The average Bonchev–Trinajstić information content (AvgIpc) is 2.45. The molecule has 3 aromatic rings. The van der Waals surface area contributed by atoms with E-state index in [1.54, 1.807) is 6.07 Å². The number of anilines is 1. The SMILES string of the molecule is Nc1ccc(Oc2ccc3ccccc3c2Br)c(F)c1. The van der Waals surface area contributed by atoms with Gasteiger partial charge in [-0.2, -0.15) is 0 Å². The van der Waals surface area contributed by atoms with Crippen LogP contribution in [0.3, 0.4) is 0 Å². The number of halogens is 2. The Bertz CT molecular complexity index is 789. The summed E-state index contributed by atoms with van der Waals surface area (Å²) in [6, 6.07) is 16.0. The summed E-state index contributed by atoms with van der Waals surface area (Å²) in [7, 11) is 0. The van der Waals surface area contributed by atoms with Crippen LogP contribution in [0.25, 0.3) is 10.8 Å². The van der Waals surface area contributed by atoms with E-state index in [2.05, 4.69) is 15.9 Å². The van der Waals surface area contributed by atoms with Crippen LogP contribution < -0.4 is 10.5 Å². The molecule has 0 aliphatic heterocycles. The van der Waals surface area contributed by atoms with E-state index in [1.165, 1.54) is 12.1 Å². The van der Waals surface area contributed by atoms with Crippen LogP contribution in [0.15, 0.2) is 59.1 Å². The Labute approximate surface area is 124 Å². The topological polar surface area (TPSA) is 35.2 Å². The summed E-state index contributed by atoms with van der Waals surface area (Å²) in [4.78, 5) is 0. The molecule has 0 saturated carbocycles. The van der Waals surface area contributed by atoms with Crippen molar-refractivity contribution in [1.29, 1.82) is 0 Å². The molecule has 2 nitrogen and oxygen atoms in total. The summed E-state index contributed by atoms with van der Waals surface area (Å²) in [5.41, 5.74) is 5.89. The van der Waals surface area contributed by atoms with E-state index in [0.29, 0.717) is 11.4 Å². The maximum atomic E-state index is 13.8. The van der Waals surface area contributed by atoms with Crippen molar-refractivity contribution in [2.75, 3.05) is 5.73 Å². The lowest BCUT2D eigenvalue weighted by Gasteiger charge is -2.11. The second kappa shape index (κ2) is 5.13. The molecule has 3 aromatic carbocycles. The molecule has 0 saturated heterocycles. The molecule has 0 bridgehead atoms. The molecular weight excluding hydrogens is 321 g/mol. The summed E-state index contributed by atoms with van der Waals surface area (Å²) < 4.78 is 20.2. The van der Waals surface area contributed by atoms with Gasteiger partial charge in [0, 0.05) is 11.8 Å². The number of benzene rings is 3. The molecule has 0 spiro atoms. The molecule has 0 fully saturated rings. The summed E-state index contributed by atoms with van der Waals surface area (Å²) in [6.07, 6.45) is 0. The van der Waals surface area contributed by atoms with Gasteiger partial charge < -0.3 is 10.5 Å². The summed E-state index contributed by atoms with van der Waals surface area (Å²) in [6.45, 7) is 0. The van der Waals surface area contributed by atoms with Crippen LogP contribution in [0.2, 0.25) is 0 Å².